The van der Waals surface area contributed by atoms with Crippen LogP contribution in [-0.4, -0.2) is 62.5 Å². The number of nitrogens with zero attached hydrogens (tertiary/aromatic N) is 1. The number of halogens is 3. The van der Waals surface area contributed by atoms with Crippen molar-refractivity contribution in [2.45, 2.75) is 24.6 Å². The maximum atomic E-state index is 13.2. The smallest absolute Gasteiger partial charge is 0.417 e. The van der Waals surface area contributed by atoms with Crippen LogP contribution in [0.1, 0.15) is 12.8 Å². The first-order chi connectivity index (χ1) is 12.3. The number of carbonyl (C=O) groups is 1. The van der Waals surface area contributed by atoms with Gasteiger partial charge >= 0.3 is 6.18 Å². The van der Waals surface area contributed by atoms with Gasteiger partial charge in [-0.1, -0.05) is 0 Å². The van der Waals surface area contributed by atoms with E-state index < -0.39 is 11.8 Å². The van der Waals surface area contributed by atoms with Gasteiger partial charge in [0, 0.05) is 32.0 Å². The van der Waals surface area contributed by atoms with Gasteiger partial charge in [-0.25, -0.2) is 0 Å². The molecule has 2 aliphatic rings. The zero-order valence-corrected chi connectivity index (χ0v) is 14.4. The fourth-order valence-electron chi connectivity index (χ4n) is 3.20. The number of alkyl halides is 3. The molecular formula is C17H21F3N2O4. The molecule has 1 fully saturated rings. The Morgan fingerprint density at radius 3 is 2.50 bits per heavy atom. The number of methoxy groups -OCH3 is 1. The van der Waals surface area contributed by atoms with Gasteiger partial charge in [-0.2, -0.15) is 13.2 Å². The molecule has 0 aromatic heterocycles. The maximum Gasteiger partial charge on any atom is 0.417 e. The second-order valence-corrected chi connectivity index (χ2v) is 6.38. The van der Waals surface area contributed by atoms with E-state index in [1.807, 2.05) is 0 Å². The van der Waals surface area contributed by atoms with Crippen molar-refractivity contribution in [2.75, 3.05) is 45.3 Å². The summed E-state index contributed by atoms with van der Waals surface area (Å²) < 4.78 is 55.1. The van der Waals surface area contributed by atoms with E-state index in [0.717, 1.165) is 7.11 Å². The molecule has 3 rings (SSSR count). The highest BCUT2D eigenvalue weighted by molar-refractivity contribution is 5.92. The van der Waals surface area contributed by atoms with Gasteiger partial charge in [-0.3, -0.25) is 9.69 Å². The Balaban J connectivity index is 1.53. The third kappa shape index (κ3) is 3.88. The van der Waals surface area contributed by atoms with Crippen LogP contribution in [0.3, 0.4) is 0 Å². The predicted octanol–water partition coefficient (Wildman–Crippen LogP) is 2.44. The summed E-state index contributed by atoms with van der Waals surface area (Å²) in [7, 11) is 1.08. The molecule has 0 radical (unpaired) electrons. The van der Waals surface area contributed by atoms with Crippen molar-refractivity contribution in [1.29, 1.82) is 0 Å². The van der Waals surface area contributed by atoms with Crippen molar-refractivity contribution in [3.8, 4) is 11.5 Å². The molecule has 2 aliphatic heterocycles. The normalized spacial score (nSPS) is 19.8. The van der Waals surface area contributed by atoms with Gasteiger partial charge in [0.1, 0.15) is 13.2 Å². The minimum Gasteiger partial charge on any atom is -0.486 e. The third-order valence-corrected chi connectivity index (χ3v) is 4.76. The molecule has 1 aromatic rings. The Bertz CT molecular complexity index is 658. The highest BCUT2D eigenvalue weighted by Gasteiger charge is 2.56. The number of likely N-dealkylation sites (tertiary alicyclic amines) is 1. The third-order valence-electron chi connectivity index (χ3n) is 4.76. The molecular weight excluding hydrogens is 353 g/mol. The number of nitrogens with one attached hydrogen (secondary N) is 1. The summed E-state index contributed by atoms with van der Waals surface area (Å²) in [6.45, 7) is 1.23. The van der Waals surface area contributed by atoms with E-state index >= 15 is 0 Å². The molecule has 9 heteroatoms. The number of piperidine rings is 1. The van der Waals surface area contributed by atoms with Crippen LogP contribution < -0.4 is 14.8 Å². The van der Waals surface area contributed by atoms with Crippen molar-refractivity contribution in [3.63, 3.8) is 0 Å². The number of rotatable bonds is 4. The number of hydrogen-bond acceptors (Lipinski definition) is 5. The fourth-order valence-corrected chi connectivity index (χ4v) is 3.20. The molecule has 6 nitrogen and oxygen atoms in total. The zero-order chi connectivity index (χ0) is 18.8. The van der Waals surface area contributed by atoms with Gasteiger partial charge in [-0.05, 0) is 25.0 Å². The van der Waals surface area contributed by atoms with Crippen LogP contribution in [0.2, 0.25) is 0 Å². The molecule has 1 amide bonds. The van der Waals surface area contributed by atoms with Crippen LogP contribution in [0, 0.1) is 0 Å². The molecule has 0 bridgehead atoms. The molecule has 0 unspecified atom stereocenters. The minimum absolute atomic E-state index is 0.0199. The van der Waals surface area contributed by atoms with Gasteiger partial charge in [-0.15, -0.1) is 0 Å². The quantitative estimate of drug-likeness (QED) is 0.877. The lowest BCUT2D eigenvalue weighted by molar-refractivity contribution is -0.282. The van der Waals surface area contributed by atoms with Crippen LogP contribution >= 0.6 is 0 Å². The molecule has 144 valence electrons. The second-order valence-electron chi connectivity index (χ2n) is 6.38. The lowest BCUT2D eigenvalue weighted by atomic mass is 9.90. The van der Waals surface area contributed by atoms with E-state index in [0.29, 0.717) is 30.4 Å². The van der Waals surface area contributed by atoms with Crippen LogP contribution in [0.25, 0.3) is 0 Å². The average molecular weight is 374 g/mol. The molecule has 0 atom stereocenters. The molecule has 0 aliphatic carbocycles. The number of anilines is 1. The number of fused-ring (bicyclic) bond motifs is 1. The molecule has 2 heterocycles. The zero-order valence-electron chi connectivity index (χ0n) is 14.4. The fraction of sp³-hybridized carbons (Fsp3) is 0.588. The molecule has 26 heavy (non-hydrogen) atoms. The van der Waals surface area contributed by atoms with Crippen molar-refractivity contribution in [1.82, 2.24) is 4.90 Å². The van der Waals surface area contributed by atoms with E-state index in [1.165, 1.54) is 0 Å². The van der Waals surface area contributed by atoms with Crippen molar-refractivity contribution in [3.05, 3.63) is 18.2 Å². The van der Waals surface area contributed by atoms with E-state index in [2.05, 4.69) is 5.32 Å². The van der Waals surface area contributed by atoms with Crippen LogP contribution in [0.5, 0.6) is 11.5 Å². The summed E-state index contributed by atoms with van der Waals surface area (Å²) in [5.41, 5.74) is -1.56. The van der Waals surface area contributed by atoms with Gasteiger partial charge in [0.2, 0.25) is 5.91 Å². The number of carbonyl (C=O) groups excluding carboxylic acids is 1. The number of amides is 1. The van der Waals surface area contributed by atoms with Crippen molar-refractivity contribution < 1.29 is 32.2 Å². The van der Waals surface area contributed by atoms with Crippen LogP contribution in [0.15, 0.2) is 18.2 Å². The summed E-state index contributed by atoms with van der Waals surface area (Å²) >= 11 is 0. The minimum atomic E-state index is -4.42. The first-order valence-corrected chi connectivity index (χ1v) is 8.37. The molecule has 1 saturated heterocycles. The Labute approximate surface area is 149 Å². The standard InChI is InChI=1S/C17H21F3N2O4/c1-24-16(17(18,19)20)4-6-22(7-5-16)11-15(23)21-12-2-3-13-14(10-12)26-9-8-25-13/h2-3,10H,4-9,11H2,1H3,(H,21,23). The summed E-state index contributed by atoms with van der Waals surface area (Å²) in [5, 5.41) is 2.73. The molecule has 0 saturated carbocycles. The Morgan fingerprint density at radius 2 is 1.88 bits per heavy atom. The monoisotopic (exact) mass is 374 g/mol. The Morgan fingerprint density at radius 1 is 1.23 bits per heavy atom. The largest absolute Gasteiger partial charge is 0.486 e. The van der Waals surface area contributed by atoms with Crippen molar-refractivity contribution in [2.24, 2.45) is 0 Å². The molecule has 1 aromatic carbocycles. The van der Waals surface area contributed by atoms with Gasteiger partial charge in [0.15, 0.2) is 17.1 Å². The summed E-state index contributed by atoms with van der Waals surface area (Å²) in [6, 6.07) is 5.07. The highest BCUT2D eigenvalue weighted by atomic mass is 19.4. The van der Waals surface area contributed by atoms with Crippen molar-refractivity contribution >= 4 is 11.6 Å². The van der Waals surface area contributed by atoms with Crippen LogP contribution in [0.4, 0.5) is 18.9 Å². The average Bonchev–Trinajstić information content (AvgIpc) is 2.61. The maximum absolute atomic E-state index is 13.2. The topological polar surface area (TPSA) is 60.0 Å². The van der Waals surface area contributed by atoms with E-state index in [4.69, 9.17) is 14.2 Å². The van der Waals surface area contributed by atoms with Crippen LogP contribution in [-0.2, 0) is 9.53 Å². The SMILES string of the molecule is COC1(C(F)(F)F)CCN(CC(=O)Nc2ccc3c(c2)OCCO3)CC1. The summed E-state index contributed by atoms with van der Waals surface area (Å²) in [4.78, 5) is 13.9. The predicted molar refractivity (Wildman–Crippen MR) is 87.5 cm³/mol. The lowest BCUT2D eigenvalue weighted by Crippen LogP contribution is -2.55. The Kier molecular flexibility index (Phi) is 5.29. The van der Waals surface area contributed by atoms with E-state index in [1.54, 1.807) is 23.1 Å². The number of hydrogen-bond donors (Lipinski definition) is 1. The lowest BCUT2D eigenvalue weighted by Gasteiger charge is -2.41. The van der Waals surface area contributed by atoms with E-state index in [9.17, 15) is 18.0 Å². The van der Waals surface area contributed by atoms with Gasteiger partial charge in [0.25, 0.3) is 0 Å². The first kappa shape index (κ1) is 18.8. The second kappa shape index (κ2) is 7.32. The summed E-state index contributed by atoms with van der Waals surface area (Å²) in [5.74, 6) is 0.883. The number of ether oxygens (including phenoxy) is 3. The molecule has 1 N–H and O–H groups in total. The first-order valence-electron chi connectivity index (χ1n) is 8.37. The number of benzene rings is 1. The molecule has 0 spiro atoms. The van der Waals surface area contributed by atoms with E-state index in [-0.39, 0.29) is 38.4 Å². The highest BCUT2D eigenvalue weighted by Crippen LogP contribution is 2.41. The van der Waals surface area contributed by atoms with Gasteiger partial charge in [0.05, 0.1) is 6.54 Å². The Hall–Kier alpha value is -2.00. The summed E-state index contributed by atoms with van der Waals surface area (Å²) in [6.07, 6.45) is -4.80. The van der Waals surface area contributed by atoms with Gasteiger partial charge < -0.3 is 19.5 Å².